The number of benzene rings is 1. The summed E-state index contributed by atoms with van der Waals surface area (Å²) in [4.78, 5) is 2.22. The van der Waals surface area contributed by atoms with Crippen LogP contribution in [0.2, 0.25) is 0 Å². The molecule has 1 saturated heterocycles. The van der Waals surface area contributed by atoms with Crippen LogP contribution < -0.4 is 18.9 Å². The normalized spacial score (nSPS) is 18.0. The van der Waals surface area contributed by atoms with Crippen LogP contribution in [0, 0.1) is 0 Å². The molecule has 1 aromatic rings. The van der Waals surface area contributed by atoms with E-state index in [0.29, 0.717) is 6.54 Å². The molecule has 0 radical (unpaired) electrons. The Balaban J connectivity index is 0.00000220. The van der Waals surface area contributed by atoms with Gasteiger partial charge in [0.15, 0.2) is 0 Å². The summed E-state index contributed by atoms with van der Waals surface area (Å²) in [5.41, 5.74) is 0.863. The largest absolute Gasteiger partial charge is 1.00 e. The van der Waals surface area contributed by atoms with Gasteiger partial charge in [-0.05, 0) is 39.0 Å². The number of nitrogens with zero attached hydrogens (tertiary/aromatic N) is 2. The van der Waals surface area contributed by atoms with Gasteiger partial charge >= 0.3 is 25.0 Å². The van der Waals surface area contributed by atoms with Gasteiger partial charge < -0.3 is 10.2 Å². The van der Waals surface area contributed by atoms with Crippen molar-refractivity contribution >= 4 is 0 Å². The Morgan fingerprint density at radius 2 is 1.67 bits per heavy atom. The molecule has 2 rings (SSSR count). The molecule has 2 nitrogen and oxygen atoms in total. The zero-order valence-electron chi connectivity index (χ0n) is 12.4. The first-order chi connectivity index (χ1) is 9.54. The van der Waals surface area contributed by atoms with Crippen molar-refractivity contribution in [3.05, 3.63) is 41.2 Å². The molecule has 0 N–H and O–H groups in total. The minimum Gasteiger partial charge on any atom is -0.647 e. The first-order valence-electron chi connectivity index (χ1n) is 7.05. The van der Waals surface area contributed by atoms with E-state index in [4.69, 9.17) is 0 Å². The van der Waals surface area contributed by atoms with E-state index in [1.165, 1.54) is 6.42 Å². The van der Waals surface area contributed by atoms with Gasteiger partial charge in [-0.1, -0.05) is 48.4 Å². The van der Waals surface area contributed by atoms with Crippen molar-refractivity contribution in [2.75, 3.05) is 26.2 Å². The van der Waals surface area contributed by atoms with Gasteiger partial charge in [-0.3, -0.25) is 0 Å². The van der Waals surface area contributed by atoms with Gasteiger partial charge in [-0.25, -0.2) is 0 Å². The Bertz CT molecular complexity index is 392. The van der Waals surface area contributed by atoms with Crippen LogP contribution >= 0.6 is 0 Å². The van der Waals surface area contributed by atoms with Gasteiger partial charge in [0.05, 0.1) is 0 Å². The second-order valence-electron chi connectivity index (χ2n) is 5.24. The number of hydrogen-bond donors (Lipinski definition) is 0. The Kier molecular flexibility index (Phi) is 7.82. The third-order valence-corrected chi connectivity index (χ3v) is 3.56. The summed E-state index contributed by atoms with van der Waals surface area (Å²) in [7, 11) is 0. The van der Waals surface area contributed by atoms with E-state index < -0.39 is 18.8 Å². The van der Waals surface area contributed by atoms with E-state index in [-0.39, 0.29) is 18.9 Å². The topological polar surface area (TPSA) is 17.3 Å². The molecule has 1 fully saturated rings. The molecule has 0 saturated carbocycles. The molecule has 21 heavy (non-hydrogen) atoms. The van der Waals surface area contributed by atoms with Gasteiger partial charge in [0.25, 0.3) is 0 Å². The average Bonchev–Trinajstić information content (AvgIpc) is 2.44. The maximum Gasteiger partial charge on any atom is 1.00 e. The number of rotatable bonds is 5. The van der Waals surface area contributed by atoms with E-state index in [0.717, 1.165) is 31.5 Å². The van der Waals surface area contributed by atoms with E-state index in [1.54, 1.807) is 0 Å². The summed E-state index contributed by atoms with van der Waals surface area (Å²) in [6.45, 7) is 1.44. The van der Waals surface area contributed by atoms with Crippen molar-refractivity contribution in [1.29, 1.82) is 0 Å². The standard InChI is InChI=1S/C15H20F3N2.Li/c16-15(17,18)12-19-14(13-7-3-1-4-8-13)11-20-9-5-2-6-10-20;/h1,3-4,7-8,14H,2,5-6,9-12H2;/q-1;+1/t14-;/m1./s1. The predicted molar refractivity (Wildman–Crippen MR) is 73.8 cm³/mol. The molecule has 112 valence electrons. The zero-order chi connectivity index (χ0) is 14.4. The fraction of sp³-hybridized carbons (Fsp3) is 0.600. The van der Waals surface area contributed by atoms with Gasteiger partial charge in [0.1, 0.15) is 0 Å². The van der Waals surface area contributed by atoms with Crippen molar-refractivity contribution in [3.8, 4) is 0 Å². The van der Waals surface area contributed by atoms with Crippen molar-refractivity contribution in [2.45, 2.75) is 31.5 Å². The van der Waals surface area contributed by atoms with E-state index >= 15 is 0 Å². The monoisotopic (exact) mass is 292 g/mol. The summed E-state index contributed by atoms with van der Waals surface area (Å²) in [5.74, 6) is 0. The fourth-order valence-electron chi connectivity index (χ4n) is 2.54. The van der Waals surface area contributed by atoms with Crippen LogP contribution in [0.5, 0.6) is 0 Å². The van der Waals surface area contributed by atoms with Crippen LogP contribution in [0.25, 0.3) is 5.32 Å². The second kappa shape index (κ2) is 8.85. The number of piperidine rings is 1. The van der Waals surface area contributed by atoms with Gasteiger partial charge in [0, 0.05) is 0 Å². The molecular formula is C15H20F3LiN2. The maximum atomic E-state index is 12.4. The predicted octanol–water partition coefficient (Wildman–Crippen LogP) is 1.15. The minimum atomic E-state index is -4.23. The van der Waals surface area contributed by atoms with Gasteiger partial charge in [0.2, 0.25) is 0 Å². The molecule has 0 unspecified atom stereocenters. The van der Waals surface area contributed by atoms with Crippen molar-refractivity contribution in [1.82, 2.24) is 4.90 Å². The molecule has 0 amide bonds. The van der Waals surface area contributed by atoms with Crippen LogP contribution in [0.15, 0.2) is 30.3 Å². The molecule has 0 spiro atoms. The smallest absolute Gasteiger partial charge is 0.647 e. The van der Waals surface area contributed by atoms with Crippen molar-refractivity contribution in [2.24, 2.45) is 0 Å². The Labute approximate surface area is 136 Å². The molecule has 1 heterocycles. The van der Waals surface area contributed by atoms with Crippen LogP contribution in [0.3, 0.4) is 0 Å². The van der Waals surface area contributed by atoms with Gasteiger partial charge in [-0.2, -0.15) is 13.2 Å². The summed E-state index contributed by atoms with van der Waals surface area (Å²) >= 11 is 0. The molecular weight excluding hydrogens is 272 g/mol. The fourth-order valence-corrected chi connectivity index (χ4v) is 2.54. The van der Waals surface area contributed by atoms with Crippen molar-refractivity contribution in [3.63, 3.8) is 0 Å². The number of alkyl halides is 3. The zero-order valence-corrected chi connectivity index (χ0v) is 12.4. The molecule has 1 aliphatic rings. The summed E-state index contributed by atoms with van der Waals surface area (Å²) < 4.78 is 37.2. The molecule has 0 bridgehead atoms. The minimum absolute atomic E-state index is 0. The van der Waals surface area contributed by atoms with Crippen molar-refractivity contribution < 1.29 is 32.0 Å². The average molecular weight is 292 g/mol. The Hall–Kier alpha value is -0.473. The van der Waals surface area contributed by atoms with Crippen LogP contribution in [0.1, 0.15) is 30.9 Å². The van der Waals surface area contributed by atoms with Crippen LogP contribution in [-0.4, -0.2) is 37.3 Å². The quantitative estimate of drug-likeness (QED) is 0.744. The third-order valence-electron chi connectivity index (χ3n) is 3.56. The molecule has 0 aliphatic carbocycles. The number of halogens is 3. The summed E-state index contributed by atoms with van der Waals surface area (Å²) in [6.07, 6.45) is -0.761. The molecule has 1 aromatic carbocycles. The van der Waals surface area contributed by atoms with Crippen LogP contribution in [-0.2, 0) is 0 Å². The molecule has 0 aromatic heterocycles. The van der Waals surface area contributed by atoms with Gasteiger partial charge in [-0.15, -0.1) is 0 Å². The molecule has 6 heteroatoms. The summed E-state index contributed by atoms with van der Waals surface area (Å²) in [5, 5.41) is 3.89. The van der Waals surface area contributed by atoms with E-state index in [2.05, 4.69) is 10.2 Å². The molecule has 1 atom stereocenters. The summed E-state index contributed by atoms with van der Waals surface area (Å²) in [6, 6.07) is 8.88. The van der Waals surface area contributed by atoms with Crippen LogP contribution in [0.4, 0.5) is 13.2 Å². The maximum absolute atomic E-state index is 12.4. The SMILES string of the molecule is FC(F)(F)C[N-][C@H](CN1CCCCC1)c1ccccc1.[Li+]. The Morgan fingerprint density at radius 3 is 2.24 bits per heavy atom. The van der Waals surface area contributed by atoms with E-state index in [9.17, 15) is 13.2 Å². The first kappa shape index (κ1) is 18.6. The Morgan fingerprint density at radius 1 is 1.05 bits per heavy atom. The first-order valence-corrected chi connectivity index (χ1v) is 7.05. The van der Waals surface area contributed by atoms with E-state index in [1.807, 2.05) is 30.3 Å². The number of hydrogen-bond acceptors (Lipinski definition) is 1. The molecule has 1 aliphatic heterocycles. The number of likely N-dealkylation sites (tertiary alicyclic amines) is 1. The third kappa shape index (κ3) is 6.88. The second-order valence-corrected chi connectivity index (χ2v) is 5.24.